The van der Waals surface area contributed by atoms with Gasteiger partial charge < -0.3 is 4.74 Å². The van der Waals surface area contributed by atoms with Gasteiger partial charge in [0.1, 0.15) is 5.69 Å². The van der Waals surface area contributed by atoms with Crippen molar-refractivity contribution in [3.8, 4) is 0 Å². The lowest BCUT2D eigenvalue weighted by molar-refractivity contribution is -0.144. The second-order valence-corrected chi connectivity index (χ2v) is 3.56. The van der Waals surface area contributed by atoms with Gasteiger partial charge in [-0.25, -0.2) is 13.8 Å². The number of carbonyl (C=O) groups is 1. The highest BCUT2D eigenvalue weighted by molar-refractivity contribution is 5.72. The normalized spacial score (nSPS) is 11.7. The Bertz CT molecular complexity index is 459. The third-order valence-electron chi connectivity index (χ3n) is 2.07. The van der Waals surface area contributed by atoms with Crippen LogP contribution in [0.1, 0.15) is 30.3 Å². The predicted molar refractivity (Wildman–Crippen MR) is 54.5 cm³/mol. The van der Waals surface area contributed by atoms with Crippen LogP contribution in [0.3, 0.4) is 0 Å². The SMILES string of the molecule is CCOC(=O)Cc1cc(C(F)F)cc(C(F)(F)F)n1. The van der Waals surface area contributed by atoms with Crippen LogP contribution in [-0.2, 0) is 22.1 Å². The van der Waals surface area contributed by atoms with Gasteiger partial charge in [0.25, 0.3) is 6.43 Å². The van der Waals surface area contributed by atoms with E-state index in [1.54, 1.807) is 0 Å². The second kappa shape index (κ2) is 5.94. The number of hydrogen-bond donors (Lipinski definition) is 0. The minimum Gasteiger partial charge on any atom is -0.466 e. The Kier molecular flexibility index (Phi) is 4.79. The van der Waals surface area contributed by atoms with Gasteiger partial charge >= 0.3 is 12.1 Å². The first-order chi connectivity index (χ1) is 8.74. The van der Waals surface area contributed by atoms with E-state index in [4.69, 9.17) is 0 Å². The fourth-order valence-electron chi connectivity index (χ4n) is 1.33. The van der Waals surface area contributed by atoms with E-state index in [-0.39, 0.29) is 12.7 Å². The van der Waals surface area contributed by atoms with Crippen LogP contribution in [0.2, 0.25) is 0 Å². The lowest BCUT2D eigenvalue weighted by Crippen LogP contribution is -2.14. The van der Waals surface area contributed by atoms with E-state index < -0.39 is 41.9 Å². The monoisotopic (exact) mass is 283 g/mol. The van der Waals surface area contributed by atoms with E-state index in [0.29, 0.717) is 0 Å². The molecule has 0 unspecified atom stereocenters. The maximum atomic E-state index is 12.5. The molecule has 3 nitrogen and oxygen atoms in total. The third kappa shape index (κ3) is 4.46. The van der Waals surface area contributed by atoms with Crippen LogP contribution in [0.25, 0.3) is 0 Å². The number of halogens is 5. The van der Waals surface area contributed by atoms with Gasteiger partial charge in [0.05, 0.1) is 18.7 Å². The molecular weight excluding hydrogens is 273 g/mol. The zero-order chi connectivity index (χ0) is 14.6. The number of carbonyl (C=O) groups excluding carboxylic acids is 1. The smallest absolute Gasteiger partial charge is 0.433 e. The summed E-state index contributed by atoms with van der Waals surface area (Å²) in [4.78, 5) is 14.3. The van der Waals surface area contributed by atoms with Crippen molar-refractivity contribution in [2.24, 2.45) is 0 Å². The summed E-state index contributed by atoms with van der Waals surface area (Å²) in [7, 11) is 0. The highest BCUT2D eigenvalue weighted by atomic mass is 19.4. The number of hydrogen-bond acceptors (Lipinski definition) is 3. The summed E-state index contributed by atoms with van der Waals surface area (Å²) in [6, 6.07) is 1.02. The predicted octanol–water partition coefficient (Wildman–Crippen LogP) is 3.14. The van der Waals surface area contributed by atoms with Gasteiger partial charge in [0.2, 0.25) is 0 Å². The molecule has 1 aromatic heterocycles. The molecule has 0 N–H and O–H groups in total. The highest BCUT2D eigenvalue weighted by Gasteiger charge is 2.34. The minimum absolute atomic E-state index is 0.0412. The zero-order valence-corrected chi connectivity index (χ0v) is 9.80. The van der Waals surface area contributed by atoms with Crippen LogP contribution in [0.15, 0.2) is 12.1 Å². The van der Waals surface area contributed by atoms with E-state index in [0.717, 1.165) is 6.07 Å². The summed E-state index contributed by atoms with van der Waals surface area (Å²) in [5.74, 6) is -0.824. The van der Waals surface area contributed by atoms with Crippen LogP contribution < -0.4 is 0 Å². The first-order valence-corrected chi connectivity index (χ1v) is 5.26. The van der Waals surface area contributed by atoms with E-state index in [2.05, 4.69) is 9.72 Å². The topological polar surface area (TPSA) is 39.2 Å². The van der Waals surface area contributed by atoms with Gasteiger partial charge in [0, 0.05) is 5.56 Å². The molecule has 0 saturated heterocycles. The average Bonchev–Trinajstić information content (AvgIpc) is 2.27. The Hall–Kier alpha value is -1.73. The summed E-state index contributed by atoms with van der Waals surface area (Å²) in [6.07, 6.45) is -8.52. The van der Waals surface area contributed by atoms with Gasteiger partial charge in [-0.1, -0.05) is 0 Å². The van der Waals surface area contributed by atoms with Gasteiger partial charge in [-0.05, 0) is 19.1 Å². The van der Waals surface area contributed by atoms with Crippen LogP contribution in [0.5, 0.6) is 0 Å². The van der Waals surface area contributed by atoms with Gasteiger partial charge in [0.15, 0.2) is 0 Å². The molecule has 19 heavy (non-hydrogen) atoms. The molecule has 1 aromatic rings. The van der Waals surface area contributed by atoms with E-state index in [1.807, 2.05) is 0 Å². The summed E-state index contributed by atoms with van der Waals surface area (Å²) in [6.45, 7) is 1.56. The molecule has 0 aliphatic heterocycles. The molecule has 0 fully saturated rings. The number of pyridine rings is 1. The number of esters is 1. The Morgan fingerprint density at radius 3 is 2.47 bits per heavy atom. The fourth-order valence-corrected chi connectivity index (χ4v) is 1.33. The number of aromatic nitrogens is 1. The van der Waals surface area contributed by atoms with Crippen molar-refractivity contribution >= 4 is 5.97 Å². The largest absolute Gasteiger partial charge is 0.466 e. The van der Waals surface area contributed by atoms with Crippen LogP contribution in [-0.4, -0.2) is 17.6 Å². The van der Waals surface area contributed by atoms with E-state index >= 15 is 0 Å². The molecule has 0 atom stereocenters. The Balaban J connectivity index is 3.10. The van der Waals surface area contributed by atoms with Gasteiger partial charge in [-0.2, -0.15) is 13.2 Å². The Morgan fingerprint density at radius 2 is 2.00 bits per heavy atom. The standard InChI is InChI=1S/C11H10F5NO2/c1-2-19-9(18)5-7-3-6(10(12)13)4-8(17-7)11(14,15)16/h3-4,10H,2,5H2,1H3. The molecule has 1 rings (SSSR count). The lowest BCUT2D eigenvalue weighted by Gasteiger charge is -2.10. The average molecular weight is 283 g/mol. The Morgan fingerprint density at radius 1 is 1.37 bits per heavy atom. The van der Waals surface area contributed by atoms with Gasteiger partial charge in [-0.3, -0.25) is 4.79 Å². The molecule has 0 aliphatic carbocycles. The first-order valence-electron chi connectivity index (χ1n) is 5.26. The number of rotatable bonds is 4. The van der Waals surface area contributed by atoms with Crippen molar-refractivity contribution in [1.82, 2.24) is 4.98 Å². The van der Waals surface area contributed by atoms with E-state index in [9.17, 15) is 26.7 Å². The van der Waals surface area contributed by atoms with Crippen LogP contribution in [0.4, 0.5) is 22.0 Å². The second-order valence-electron chi connectivity index (χ2n) is 3.56. The molecule has 0 spiro atoms. The fraction of sp³-hybridized carbons (Fsp3) is 0.455. The van der Waals surface area contributed by atoms with Crippen molar-refractivity contribution < 1.29 is 31.5 Å². The quantitative estimate of drug-likeness (QED) is 0.629. The first kappa shape index (κ1) is 15.3. The number of ether oxygens (including phenoxy) is 1. The summed E-state index contributed by atoms with van der Waals surface area (Å²) >= 11 is 0. The molecule has 1 heterocycles. The molecule has 0 radical (unpaired) electrons. The minimum atomic E-state index is -4.85. The molecule has 0 aromatic carbocycles. The Labute approximate surface area is 105 Å². The maximum absolute atomic E-state index is 12.5. The summed E-state index contributed by atoms with van der Waals surface area (Å²) in [5.41, 5.74) is -2.69. The molecule has 0 bridgehead atoms. The molecule has 0 saturated carbocycles. The van der Waals surface area contributed by atoms with Crippen molar-refractivity contribution in [1.29, 1.82) is 0 Å². The van der Waals surface area contributed by atoms with Crippen LogP contribution in [0, 0.1) is 0 Å². The molecule has 0 amide bonds. The van der Waals surface area contributed by atoms with E-state index in [1.165, 1.54) is 6.92 Å². The molecule has 0 aliphatic rings. The molecule has 8 heteroatoms. The molecular formula is C11H10F5NO2. The zero-order valence-electron chi connectivity index (χ0n) is 9.80. The molecule has 106 valence electrons. The number of nitrogens with zero attached hydrogens (tertiary/aromatic N) is 1. The van der Waals surface area contributed by atoms with Crippen LogP contribution >= 0.6 is 0 Å². The van der Waals surface area contributed by atoms with Gasteiger partial charge in [-0.15, -0.1) is 0 Å². The third-order valence-corrected chi connectivity index (χ3v) is 2.07. The maximum Gasteiger partial charge on any atom is 0.433 e. The van der Waals surface area contributed by atoms with Crippen molar-refractivity contribution in [2.45, 2.75) is 25.9 Å². The summed E-state index contributed by atoms with van der Waals surface area (Å²) in [5, 5.41) is 0. The highest BCUT2D eigenvalue weighted by Crippen LogP contribution is 2.31. The van der Waals surface area contributed by atoms with Crippen molar-refractivity contribution in [2.75, 3.05) is 6.61 Å². The van der Waals surface area contributed by atoms with Crippen molar-refractivity contribution in [3.63, 3.8) is 0 Å². The summed E-state index contributed by atoms with van der Waals surface area (Å²) < 4.78 is 66.9. The number of alkyl halides is 5. The van der Waals surface area contributed by atoms with Crippen molar-refractivity contribution in [3.05, 3.63) is 29.1 Å². The lowest BCUT2D eigenvalue weighted by atomic mass is 10.1.